The zero-order valence-electron chi connectivity index (χ0n) is 15.8. The number of hydrogen-bond donors (Lipinski definition) is 1. The number of carbonyl (C=O) groups excluding carboxylic acids is 1. The molecule has 3 aromatic heterocycles. The molecule has 1 fully saturated rings. The van der Waals surface area contributed by atoms with Gasteiger partial charge in [0, 0.05) is 62.3 Å². The first-order valence-electron chi connectivity index (χ1n) is 9.51. The number of anilines is 2. The van der Waals surface area contributed by atoms with E-state index in [0.29, 0.717) is 18.3 Å². The summed E-state index contributed by atoms with van der Waals surface area (Å²) in [6, 6.07) is 5.52. The van der Waals surface area contributed by atoms with E-state index in [4.69, 9.17) is 0 Å². The molecule has 0 spiro atoms. The Hall–Kier alpha value is -3.68. The minimum absolute atomic E-state index is 0.0108. The van der Waals surface area contributed by atoms with Crippen molar-refractivity contribution in [1.82, 2.24) is 29.8 Å². The van der Waals surface area contributed by atoms with Crippen molar-refractivity contribution in [1.29, 1.82) is 0 Å². The molecule has 0 saturated carbocycles. The Bertz CT molecular complexity index is 979. The zero-order chi connectivity index (χ0) is 19.9. The van der Waals surface area contributed by atoms with Crippen molar-refractivity contribution in [2.24, 2.45) is 0 Å². The van der Waals surface area contributed by atoms with Crippen LogP contribution >= 0.6 is 0 Å². The van der Waals surface area contributed by atoms with Gasteiger partial charge in [-0.2, -0.15) is 0 Å². The molecule has 0 aromatic carbocycles. The number of carbonyl (C=O) groups is 1. The number of pyridine rings is 1. The van der Waals surface area contributed by atoms with Crippen LogP contribution in [0.5, 0.6) is 0 Å². The molecule has 0 aliphatic carbocycles. The molecule has 8 heteroatoms. The van der Waals surface area contributed by atoms with Crippen LogP contribution in [-0.2, 0) is 4.79 Å². The van der Waals surface area contributed by atoms with Gasteiger partial charge in [0.1, 0.15) is 0 Å². The lowest BCUT2D eigenvalue weighted by Crippen LogP contribution is -2.38. The van der Waals surface area contributed by atoms with Crippen molar-refractivity contribution in [2.45, 2.75) is 18.8 Å². The van der Waals surface area contributed by atoms with Crippen LogP contribution < -0.4 is 5.32 Å². The van der Waals surface area contributed by atoms with E-state index >= 15 is 0 Å². The number of piperidine rings is 1. The van der Waals surface area contributed by atoms with Gasteiger partial charge >= 0.3 is 0 Å². The molecule has 1 atom stereocenters. The first-order valence-corrected chi connectivity index (χ1v) is 9.51. The Kier molecular flexibility index (Phi) is 5.80. The second-order valence-corrected chi connectivity index (χ2v) is 6.73. The number of likely N-dealkylation sites (tertiary alicyclic amines) is 1. The molecule has 0 radical (unpaired) electrons. The molecule has 4 heterocycles. The minimum Gasteiger partial charge on any atom is -0.338 e. The van der Waals surface area contributed by atoms with Gasteiger partial charge in [0.05, 0.1) is 5.69 Å². The number of rotatable bonds is 5. The first kappa shape index (κ1) is 18.7. The molecule has 29 heavy (non-hydrogen) atoms. The van der Waals surface area contributed by atoms with E-state index in [-0.39, 0.29) is 11.8 Å². The monoisotopic (exact) mass is 387 g/mol. The summed E-state index contributed by atoms with van der Waals surface area (Å²) in [4.78, 5) is 35.9. The summed E-state index contributed by atoms with van der Waals surface area (Å²) >= 11 is 0. The van der Waals surface area contributed by atoms with Crippen molar-refractivity contribution in [3.63, 3.8) is 0 Å². The predicted octanol–water partition coefficient (Wildman–Crippen LogP) is 2.82. The van der Waals surface area contributed by atoms with Crippen LogP contribution in [-0.4, -0.2) is 48.8 Å². The molecule has 1 aliphatic heterocycles. The third-order valence-corrected chi connectivity index (χ3v) is 4.75. The van der Waals surface area contributed by atoms with Crippen LogP contribution in [0.4, 0.5) is 11.8 Å². The van der Waals surface area contributed by atoms with E-state index in [2.05, 4.69) is 30.2 Å². The van der Waals surface area contributed by atoms with Gasteiger partial charge in [0.2, 0.25) is 11.9 Å². The van der Waals surface area contributed by atoms with E-state index in [1.54, 1.807) is 55.4 Å². The van der Waals surface area contributed by atoms with E-state index in [1.807, 2.05) is 17.0 Å². The van der Waals surface area contributed by atoms with Crippen molar-refractivity contribution < 1.29 is 4.79 Å². The zero-order valence-corrected chi connectivity index (χ0v) is 15.8. The van der Waals surface area contributed by atoms with Crippen LogP contribution in [0.1, 0.15) is 30.0 Å². The molecule has 1 unspecified atom stereocenters. The number of amides is 1. The summed E-state index contributed by atoms with van der Waals surface area (Å²) in [5.41, 5.74) is 1.73. The van der Waals surface area contributed by atoms with Crippen LogP contribution in [0, 0.1) is 0 Å². The smallest absolute Gasteiger partial charge is 0.246 e. The Morgan fingerprint density at radius 1 is 1.07 bits per heavy atom. The highest BCUT2D eigenvalue weighted by Crippen LogP contribution is 2.30. The summed E-state index contributed by atoms with van der Waals surface area (Å²) in [6.45, 7) is 1.33. The maximum absolute atomic E-state index is 12.7. The molecule has 146 valence electrons. The molecule has 1 aliphatic rings. The van der Waals surface area contributed by atoms with Crippen molar-refractivity contribution >= 4 is 23.7 Å². The third kappa shape index (κ3) is 4.78. The average Bonchev–Trinajstić information content (AvgIpc) is 2.79. The van der Waals surface area contributed by atoms with Crippen LogP contribution in [0.3, 0.4) is 0 Å². The molecule has 1 N–H and O–H groups in total. The molecule has 1 saturated heterocycles. The maximum Gasteiger partial charge on any atom is 0.246 e. The fourth-order valence-corrected chi connectivity index (χ4v) is 3.36. The summed E-state index contributed by atoms with van der Waals surface area (Å²) < 4.78 is 0. The standard InChI is InChI=1S/C21H21N7O/c29-18(7-6-16-4-1-8-22-14-16)28-13-2-5-17(15-28)19-20(24-12-11-23-19)27-21-25-9-3-10-26-21/h1,3-4,6-12,14,17H,2,5,13,15H2,(H,24,25,26,27)/b7-6+. The van der Waals surface area contributed by atoms with Gasteiger partial charge in [-0.05, 0) is 36.6 Å². The summed E-state index contributed by atoms with van der Waals surface area (Å²) in [7, 11) is 0. The normalized spacial score (nSPS) is 16.7. The molecule has 3 aromatic rings. The van der Waals surface area contributed by atoms with Crippen molar-refractivity contribution in [2.75, 3.05) is 18.4 Å². The lowest BCUT2D eigenvalue weighted by Gasteiger charge is -2.32. The van der Waals surface area contributed by atoms with Crippen LogP contribution in [0.25, 0.3) is 6.08 Å². The predicted molar refractivity (Wildman–Crippen MR) is 109 cm³/mol. The van der Waals surface area contributed by atoms with Gasteiger partial charge in [0.15, 0.2) is 5.82 Å². The van der Waals surface area contributed by atoms with Gasteiger partial charge < -0.3 is 10.2 Å². The van der Waals surface area contributed by atoms with Crippen molar-refractivity contribution in [3.05, 3.63) is 72.7 Å². The lowest BCUT2D eigenvalue weighted by molar-refractivity contribution is -0.127. The minimum atomic E-state index is -0.0108. The molecular weight excluding hydrogens is 366 g/mol. The largest absolute Gasteiger partial charge is 0.338 e. The summed E-state index contributed by atoms with van der Waals surface area (Å²) in [5, 5.41) is 3.14. The number of hydrogen-bond acceptors (Lipinski definition) is 7. The highest BCUT2D eigenvalue weighted by atomic mass is 16.2. The molecular formula is C21H21N7O. The van der Waals surface area contributed by atoms with Gasteiger partial charge in [-0.1, -0.05) is 6.07 Å². The Morgan fingerprint density at radius 3 is 2.76 bits per heavy atom. The van der Waals surface area contributed by atoms with Crippen LogP contribution in [0.2, 0.25) is 0 Å². The van der Waals surface area contributed by atoms with E-state index < -0.39 is 0 Å². The summed E-state index contributed by atoms with van der Waals surface area (Å²) in [5.74, 6) is 1.18. The Labute approximate surface area is 168 Å². The average molecular weight is 387 g/mol. The molecule has 0 bridgehead atoms. The second kappa shape index (κ2) is 9.01. The van der Waals surface area contributed by atoms with Gasteiger partial charge in [-0.25, -0.2) is 15.0 Å². The van der Waals surface area contributed by atoms with Gasteiger partial charge in [-0.15, -0.1) is 0 Å². The Balaban J connectivity index is 1.47. The third-order valence-electron chi connectivity index (χ3n) is 4.75. The number of nitrogens with zero attached hydrogens (tertiary/aromatic N) is 6. The Morgan fingerprint density at radius 2 is 1.93 bits per heavy atom. The van der Waals surface area contributed by atoms with Gasteiger partial charge in [-0.3, -0.25) is 14.8 Å². The summed E-state index contributed by atoms with van der Waals surface area (Å²) in [6.07, 6.45) is 15.3. The fourth-order valence-electron chi connectivity index (χ4n) is 3.36. The highest BCUT2D eigenvalue weighted by Gasteiger charge is 2.27. The number of aromatic nitrogens is 5. The van der Waals surface area contributed by atoms with Crippen molar-refractivity contribution in [3.8, 4) is 0 Å². The second-order valence-electron chi connectivity index (χ2n) is 6.73. The lowest BCUT2D eigenvalue weighted by atomic mass is 9.94. The fraction of sp³-hybridized carbons (Fsp3) is 0.238. The van der Waals surface area contributed by atoms with Crippen LogP contribution in [0.15, 0.2) is 61.5 Å². The van der Waals surface area contributed by atoms with E-state index in [0.717, 1.165) is 30.6 Å². The topological polar surface area (TPSA) is 96.8 Å². The first-order chi connectivity index (χ1) is 14.3. The number of nitrogens with one attached hydrogen (secondary N) is 1. The van der Waals surface area contributed by atoms with E-state index in [9.17, 15) is 4.79 Å². The highest BCUT2D eigenvalue weighted by molar-refractivity contribution is 5.91. The quantitative estimate of drug-likeness (QED) is 0.672. The SMILES string of the molecule is O=C(/C=C/c1cccnc1)N1CCCC(c2nccnc2Nc2ncccn2)C1. The van der Waals surface area contributed by atoms with Gasteiger partial charge in [0.25, 0.3) is 0 Å². The molecule has 4 rings (SSSR count). The maximum atomic E-state index is 12.7. The van der Waals surface area contributed by atoms with E-state index in [1.165, 1.54) is 0 Å². The molecule has 8 nitrogen and oxygen atoms in total. The molecule has 1 amide bonds.